The van der Waals surface area contributed by atoms with E-state index in [1.807, 2.05) is 30.3 Å². The Morgan fingerprint density at radius 1 is 1.19 bits per heavy atom. The molecule has 4 nitrogen and oxygen atoms in total. The van der Waals surface area contributed by atoms with Crippen molar-refractivity contribution in [1.82, 2.24) is 5.32 Å². The lowest BCUT2D eigenvalue weighted by Crippen LogP contribution is -2.33. The molecular formula is C17H14N2O2. The molecule has 2 aromatic carbocycles. The molecule has 0 aromatic heterocycles. The molecule has 2 aromatic rings. The molecule has 2 atom stereocenters. The fraction of sp³-hybridized carbons (Fsp3) is 0.176. The van der Waals surface area contributed by atoms with Gasteiger partial charge >= 0.3 is 0 Å². The van der Waals surface area contributed by atoms with Gasteiger partial charge in [-0.1, -0.05) is 24.3 Å². The van der Waals surface area contributed by atoms with Crippen molar-refractivity contribution in [1.29, 1.82) is 5.26 Å². The maximum Gasteiger partial charge on any atom is 0.251 e. The Hall–Kier alpha value is -2.64. The van der Waals surface area contributed by atoms with Crippen molar-refractivity contribution in [2.75, 3.05) is 0 Å². The number of nitrogens with one attached hydrogen (secondary N) is 1. The Labute approximate surface area is 122 Å². The number of amides is 1. The summed E-state index contributed by atoms with van der Waals surface area (Å²) in [5, 5.41) is 21.8. The summed E-state index contributed by atoms with van der Waals surface area (Å²) in [6, 6.07) is 15.8. The van der Waals surface area contributed by atoms with E-state index in [9.17, 15) is 9.90 Å². The lowest BCUT2D eigenvalue weighted by atomic mass is 10.1. The van der Waals surface area contributed by atoms with Gasteiger partial charge in [-0.2, -0.15) is 5.26 Å². The predicted octanol–water partition coefficient (Wildman–Crippen LogP) is 1.95. The number of nitrogens with zero attached hydrogens (tertiary/aromatic N) is 1. The molecule has 21 heavy (non-hydrogen) atoms. The summed E-state index contributed by atoms with van der Waals surface area (Å²) in [5.41, 5.74) is 3.02. The van der Waals surface area contributed by atoms with E-state index < -0.39 is 6.10 Å². The summed E-state index contributed by atoms with van der Waals surface area (Å²) in [4.78, 5) is 12.3. The SMILES string of the molecule is N#Cc1ccc(C(=O)NC2c3ccccc3CC2O)cc1. The smallest absolute Gasteiger partial charge is 0.251 e. The van der Waals surface area contributed by atoms with E-state index in [-0.39, 0.29) is 11.9 Å². The molecule has 1 aliphatic carbocycles. The Kier molecular flexibility index (Phi) is 3.43. The molecule has 0 spiro atoms. The second kappa shape index (κ2) is 5.39. The standard InChI is InChI=1S/C17H14N2O2/c18-10-11-5-7-12(8-6-11)17(21)19-16-14-4-2-1-3-13(14)9-15(16)20/h1-8,15-16,20H,9H2,(H,19,21). The minimum atomic E-state index is -0.607. The fourth-order valence-corrected chi connectivity index (χ4v) is 2.67. The van der Waals surface area contributed by atoms with Crippen LogP contribution in [0.5, 0.6) is 0 Å². The van der Waals surface area contributed by atoms with Gasteiger partial charge in [0.05, 0.1) is 23.8 Å². The number of aliphatic hydroxyl groups excluding tert-OH is 1. The van der Waals surface area contributed by atoms with E-state index in [4.69, 9.17) is 5.26 Å². The number of carbonyl (C=O) groups is 1. The van der Waals surface area contributed by atoms with E-state index >= 15 is 0 Å². The van der Waals surface area contributed by atoms with Crippen molar-refractivity contribution in [2.24, 2.45) is 0 Å². The second-order valence-electron chi connectivity index (χ2n) is 5.11. The van der Waals surface area contributed by atoms with Gasteiger partial charge in [-0.3, -0.25) is 4.79 Å². The third kappa shape index (κ3) is 2.51. The maximum absolute atomic E-state index is 12.3. The molecule has 3 rings (SSSR count). The quantitative estimate of drug-likeness (QED) is 0.881. The molecule has 0 saturated heterocycles. The molecule has 0 fully saturated rings. The number of aliphatic hydroxyl groups is 1. The van der Waals surface area contributed by atoms with E-state index in [0.29, 0.717) is 17.5 Å². The van der Waals surface area contributed by atoms with Gasteiger partial charge in [0.2, 0.25) is 0 Å². The average Bonchev–Trinajstić information content (AvgIpc) is 2.83. The maximum atomic E-state index is 12.3. The summed E-state index contributed by atoms with van der Waals surface area (Å²) < 4.78 is 0. The van der Waals surface area contributed by atoms with Crippen molar-refractivity contribution in [2.45, 2.75) is 18.6 Å². The molecule has 2 unspecified atom stereocenters. The van der Waals surface area contributed by atoms with Crippen LogP contribution in [-0.2, 0) is 6.42 Å². The Morgan fingerprint density at radius 3 is 2.62 bits per heavy atom. The molecule has 104 valence electrons. The first-order chi connectivity index (χ1) is 10.2. The van der Waals surface area contributed by atoms with Crippen LogP contribution in [0.15, 0.2) is 48.5 Å². The van der Waals surface area contributed by atoms with Crippen LogP contribution in [0.3, 0.4) is 0 Å². The van der Waals surface area contributed by atoms with Gasteiger partial charge in [0, 0.05) is 12.0 Å². The first-order valence-corrected chi connectivity index (χ1v) is 6.76. The van der Waals surface area contributed by atoms with Crippen LogP contribution in [0.2, 0.25) is 0 Å². The number of carbonyl (C=O) groups excluding carboxylic acids is 1. The highest BCUT2D eigenvalue weighted by atomic mass is 16.3. The monoisotopic (exact) mass is 278 g/mol. The summed E-state index contributed by atoms with van der Waals surface area (Å²) >= 11 is 0. The Bertz CT molecular complexity index is 716. The summed E-state index contributed by atoms with van der Waals surface area (Å²) in [5.74, 6) is -0.250. The zero-order valence-corrected chi connectivity index (χ0v) is 11.3. The third-order valence-corrected chi connectivity index (χ3v) is 3.77. The zero-order valence-electron chi connectivity index (χ0n) is 11.3. The first kappa shape index (κ1) is 13.3. The molecule has 1 amide bonds. The average molecular weight is 278 g/mol. The Morgan fingerprint density at radius 2 is 1.90 bits per heavy atom. The van der Waals surface area contributed by atoms with Gasteiger partial charge in [0.1, 0.15) is 0 Å². The van der Waals surface area contributed by atoms with Gasteiger partial charge < -0.3 is 10.4 Å². The van der Waals surface area contributed by atoms with E-state index in [0.717, 1.165) is 11.1 Å². The molecule has 2 N–H and O–H groups in total. The zero-order chi connectivity index (χ0) is 14.8. The van der Waals surface area contributed by atoms with Crippen LogP contribution in [0.1, 0.15) is 33.1 Å². The molecular weight excluding hydrogens is 264 g/mol. The van der Waals surface area contributed by atoms with Crippen molar-refractivity contribution >= 4 is 5.91 Å². The highest BCUT2D eigenvalue weighted by Gasteiger charge is 2.31. The molecule has 1 aliphatic rings. The molecule has 0 radical (unpaired) electrons. The Balaban J connectivity index is 1.80. The van der Waals surface area contributed by atoms with Crippen LogP contribution >= 0.6 is 0 Å². The minimum absolute atomic E-state index is 0.250. The van der Waals surface area contributed by atoms with E-state index in [1.165, 1.54) is 0 Å². The number of nitriles is 1. The van der Waals surface area contributed by atoms with Crippen LogP contribution in [0.4, 0.5) is 0 Å². The number of rotatable bonds is 2. The van der Waals surface area contributed by atoms with Crippen molar-refractivity contribution in [3.8, 4) is 6.07 Å². The first-order valence-electron chi connectivity index (χ1n) is 6.76. The summed E-state index contributed by atoms with van der Waals surface area (Å²) in [6.07, 6.45) is -0.0566. The topological polar surface area (TPSA) is 73.1 Å². The van der Waals surface area contributed by atoms with E-state index in [1.54, 1.807) is 24.3 Å². The minimum Gasteiger partial charge on any atom is -0.390 e. The van der Waals surface area contributed by atoms with Gasteiger partial charge in [-0.15, -0.1) is 0 Å². The number of hydrogen-bond acceptors (Lipinski definition) is 3. The molecule has 0 bridgehead atoms. The van der Waals surface area contributed by atoms with Crippen LogP contribution in [0, 0.1) is 11.3 Å². The largest absolute Gasteiger partial charge is 0.390 e. The number of fused-ring (bicyclic) bond motifs is 1. The molecule has 0 saturated carbocycles. The van der Waals surface area contributed by atoms with Crippen molar-refractivity contribution < 1.29 is 9.90 Å². The molecule has 4 heteroatoms. The van der Waals surface area contributed by atoms with Crippen LogP contribution < -0.4 is 5.32 Å². The lowest BCUT2D eigenvalue weighted by molar-refractivity contribution is 0.0858. The molecule has 0 heterocycles. The van der Waals surface area contributed by atoms with Crippen LogP contribution in [0.25, 0.3) is 0 Å². The van der Waals surface area contributed by atoms with Gasteiger partial charge in [0.25, 0.3) is 5.91 Å². The number of benzene rings is 2. The highest BCUT2D eigenvalue weighted by molar-refractivity contribution is 5.94. The van der Waals surface area contributed by atoms with Crippen LogP contribution in [-0.4, -0.2) is 17.1 Å². The van der Waals surface area contributed by atoms with Gasteiger partial charge in [-0.05, 0) is 35.4 Å². The van der Waals surface area contributed by atoms with Crippen molar-refractivity contribution in [3.63, 3.8) is 0 Å². The highest BCUT2D eigenvalue weighted by Crippen LogP contribution is 2.31. The lowest BCUT2D eigenvalue weighted by Gasteiger charge is -2.18. The number of hydrogen-bond donors (Lipinski definition) is 2. The normalized spacial score (nSPS) is 19.6. The summed E-state index contributed by atoms with van der Waals surface area (Å²) in [6.45, 7) is 0. The predicted molar refractivity (Wildman–Crippen MR) is 77.5 cm³/mol. The molecule has 0 aliphatic heterocycles. The fourth-order valence-electron chi connectivity index (χ4n) is 2.67. The van der Waals surface area contributed by atoms with Crippen molar-refractivity contribution in [3.05, 3.63) is 70.8 Å². The van der Waals surface area contributed by atoms with E-state index in [2.05, 4.69) is 5.32 Å². The second-order valence-corrected chi connectivity index (χ2v) is 5.11. The van der Waals surface area contributed by atoms with Gasteiger partial charge in [-0.25, -0.2) is 0 Å². The van der Waals surface area contributed by atoms with Gasteiger partial charge in [0.15, 0.2) is 0 Å². The summed E-state index contributed by atoms with van der Waals surface area (Å²) in [7, 11) is 0. The third-order valence-electron chi connectivity index (χ3n) is 3.77.